The zero-order chi connectivity index (χ0) is 24.8. The SMILES string of the molecule is Cn1cncc1-c1cnc([C@@H]2CCc3c4c(cc(=O)n32)-c2c(ccc(Cl)c2F)CC2(CC2)NC4=O)[nH]1. The van der Waals surface area contributed by atoms with Crippen LogP contribution in [-0.4, -0.2) is 35.5 Å². The molecular weight excluding hydrogens is 483 g/mol. The van der Waals surface area contributed by atoms with E-state index in [0.29, 0.717) is 41.9 Å². The van der Waals surface area contributed by atoms with Gasteiger partial charge >= 0.3 is 0 Å². The number of nitrogens with zero attached hydrogens (tertiary/aromatic N) is 4. The molecule has 0 radical (unpaired) electrons. The van der Waals surface area contributed by atoms with E-state index in [4.69, 9.17) is 11.6 Å². The van der Waals surface area contributed by atoms with Gasteiger partial charge in [-0.15, -0.1) is 0 Å². The molecule has 1 saturated carbocycles. The Morgan fingerprint density at radius 2 is 2.03 bits per heavy atom. The fourth-order valence-electron chi connectivity index (χ4n) is 5.82. The van der Waals surface area contributed by atoms with Crippen LogP contribution in [0.3, 0.4) is 0 Å². The van der Waals surface area contributed by atoms with Gasteiger partial charge in [0.2, 0.25) is 0 Å². The van der Waals surface area contributed by atoms with Gasteiger partial charge in [-0.3, -0.25) is 9.59 Å². The van der Waals surface area contributed by atoms with Gasteiger partial charge in [0.15, 0.2) is 0 Å². The average Bonchev–Trinajstić information content (AvgIpc) is 3.22. The van der Waals surface area contributed by atoms with Crippen molar-refractivity contribution >= 4 is 17.5 Å². The van der Waals surface area contributed by atoms with Crippen molar-refractivity contribution in [3.63, 3.8) is 0 Å². The van der Waals surface area contributed by atoms with Gasteiger partial charge in [0.25, 0.3) is 11.5 Å². The molecule has 0 unspecified atom stereocenters. The van der Waals surface area contributed by atoms with Crippen molar-refractivity contribution in [1.29, 1.82) is 0 Å². The first-order valence-electron chi connectivity index (χ1n) is 11.9. The van der Waals surface area contributed by atoms with Crippen LogP contribution in [0.1, 0.15) is 52.7 Å². The molecule has 182 valence electrons. The summed E-state index contributed by atoms with van der Waals surface area (Å²) in [6.07, 6.45) is 8.42. The minimum atomic E-state index is -0.591. The highest BCUT2D eigenvalue weighted by molar-refractivity contribution is 6.31. The number of aromatic amines is 1. The van der Waals surface area contributed by atoms with E-state index >= 15 is 4.39 Å². The molecule has 1 spiro atoms. The number of imidazole rings is 2. The number of halogens is 2. The minimum absolute atomic E-state index is 0.0257. The molecule has 1 amide bonds. The lowest BCUT2D eigenvalue weighted by Gasteiger charge is -2.27. The maximum Gasteiger partial charge on any atom is 0.254 e. The van der Waals surface area contributed by atoms with Crippen LogP contribution in [0.25, 0.3) is 22.5 Å². The third-order valence-electron chi connectivity index (χ3n) is 7.76. The Bertz CT molecular complexity index is 1650. The molecular formula is C26H22ClFN6O2. The van der Waals surface area contributed by atoms with E-state index < -0.39 is 5.82 Å². The Kier molecular flexibility index (Phi) is 4.43. The summed E-state index contributed by atoms with van der Waals surface area (Å²) in [7, 11) is 1.89. The molecule has 7 rings (SSSR count). The van der Waals surface area contributed by atoms with E-state index in [0.717, 1.165) is 29.8 Å². The second kappa shape index (κ2) is 7.39. The van der Waals surface area contributed by atoms with E-state index in [1.54, 1.807) is 35.4 Å². The van der Waals surface area contributed by atoms with Crippen molar-refractivity contribution in [2.24, 2.45) is 7.05 Å². The van der Waals surface area contributed by atoms with Crippen LogP contribution < -0.4 is 10.9 Å². The number of amides is 1. The Labute approximate surface area is 210 Å². The number of rotatable bonds is 2. The molecule has 3 aliphatic rings. The molecule has 1 fully saturated rings. The van der Waals surface area contributed by atoms with Gasteiger partial charge in [-0.2, -0.15) is 0 Å². The predicted octanol–water partition coefficient (Wildman–Crippen LogP) is 3.79. The zero-order valence-corrected chi connectivity index (χ0v) is 20.2. The Hall–Kier alpha value is -3.72. The van der Waals surface area contributed by atoms with Crippen LogP contribution in [0.4, 0.5) is 4.39 Å². The van der Waals surface area contributed by atoms with Crippen molar-refractivity contribution in [2.75, 3.05) is 0 Å². The maximum atomic E-state index is 15.5. The van der Waals surface area contributed by atoms with Crippen molar-refractivity contribution in [3.05, 3.63) is 80.8 Å². The van der Waals surface area contributed by atoms with Crippen LogP contribution in [0.2, 0.25) is 5.02 Å². The molecule has 10 heteroatoms. The van der Waals surface area contributed by atoms with Crippen LogP contribution in [-0.2, 0) is 19.9 Å². The highest BCUT2D eigenvalue weighted by Gasteiger charge is 2.47. The van der Waals surface area contributed by atoms with Gasteiger partial charge in [0, 0.05) is 35.5 Å². The first-order chi connectivity index (χ1) is 17.3. The Morgan fingerprint density at radius 3 is 2.78 bits per heavy atom. The first kappa shape index (κ1) is 21.6. The number of carbonyl (C=O) groups is 1. The molecule has 1 atom stereocenters. The second-order valence-corrected chi connectivity index (χ2v) is 10.4. The number of carbonyl (C=O) groups excluding carboxylic acids is 1. The third kappa shape index (κ3) is 3.05. The summed E-state index contributed by atoms with van der Waals surface area (Å²) in [5.41, 5.74) is 3.25. The summed E-state index contributed by atoms with van der Waals surface area (Å²) in [6, 6.07) is 4.36. The van der Waals surface area contributed by atoms with E-state index in [2.05, 4.69) is 20.3 Å². The molecule has 1 aliphatic carbocycles. The summed E-state index contributed by atoms with van der Waals surface area (Å²) in [5.74, 6) is -0.231. The lowest BCUT2D eigenvalue weighted by Crippen LogP contribution is -2.41. The fraction of sp³-hybridized carbons (Fsp3) is 0.308. The zero-order valence-electron chi connectivity index (χ0n) is 19.4. The number of hydrogen-bond acceptors (Lipinski definition) is 4. The van der Waals surface area contributed by atoms with Gasteiger partial charge in [0.05, 0.1) is 46.7 Å². The molecule has 36 heavy (non-hydrogen) atoms. The smallest absolute Gasteiger partial charge is 0.254 e. The summed E-state index contributed by atoms with van der Waals surface area (Å²) in [6.45, 7) is 0. The molecule has 5 heterocycles. The van der Waals surface area contributed by atoms with E-state index in [9.17, 15) is 9.59 Å². The van der Waals surface area contributed by atoms with Gasteiger partial charge in [0.1, 0.15) is 11.6 Å². The number of benzene rings is 1. The molecule has 8 nitrogen and oxygen atoms in total. The topological polar surface area (TPSA) is 97.6 Å². The highest BCUT2D eigenvalue weighted by atomic mass is 35.5. The van der Waals surface area contributed by atoms with E-state index in [-0.39, 0.29) is 33.6 Å². The number of fused-ring (bicyclic) bond motifs is 5. The van der Waals surface area contributed by atoms with Crippen LogP contribution in [0.5, 0.6) is 0 Å². The highest BCUT2D eigenvalue weighted by Crippen LogP contribution is 2.46. The van der Waals surface area contributed by atoms with Gasteiger partial charge in [-0.05, 0) is 43.7 Å². The summed E-state index contributed by atoms with van der Waals surface area (Å²) in [5, 5.41) is 3.16. The van der Waals surface area contributed by atoms with Crippen molar-refractivity contribution in [3.8, 4) is 22.5 Å². The molecule has 0 bridgehead atoms. The fourth-order valence-corrected chi connectivity index (χ4v) is 5.98. The van der Waals surface area contributed by atoms with Gasteiger partial charge < -0.3 is 19.4 Å². The summed E-state index contributed by atoms with van der Waals surface area (Å²) < 4.78 is 19.0. The molecule has 1 aromatic carbocycles. The largest absolute Gasteiger partial charge is 0.346 e. The third-order valence-corrected chi connectivity index (χ3v) is 8.05. The molecule has 4 aromatic rings. The second-order valence-electron chi connectivity index (χ2n) is 10.0. The quantitative estimate of drug-likeness (QED) is 0.434. The lowest BCUT2D eigenvalue weighted by atomic mass is 9.88. The number of aromatic nitrogens is 5. The number of nitrogens with one attached hydrogen (secondary N) is 2. The van der Waals surface area contributed by atoms with Crippen LogP contribution in [0.15, 0.2) is 41.7 Å². The summed E-state index contributed by atoms with van der Waals surface area (Å²) in [4.78, 5) is 39.2. The van der Waals surface area contributed by atoms with Gasteiger partial charge in [-0.1, -0.05) is 17.7 Å². The first-order valence-corrected chi connectivity index (χ1v) is 12.3. The van der Waals surface area contributed by atoms with Crippen LogP contribution in [0, 0.1) is 5.82 Å². The van der Waals surface area contributed by atoms with E-state index in [1.165, 1.54) is 6.07 Å². The van der Waals surface area contributed by atoms with Crippen molar-refractivity contribution in [1.82, 2.24) is 29.4 Å². The summed E-state index contributed by atoms with van der Waals surface area (Å²) >= 11 is 6.17. The standard InChI is InChI=1S/C26H22ClFN6O2/c1-33-12-29-11-19(33)16-10-30-24(31-16)18-5-4-17-22-14(8-20(35)34(17)18)21-13(2-3-15(27)23(21)28)9-26(6-7-26)32-25(22)36/h2-3,8,10-12,18H,4-7,9H2,1H3,(H,30,31)(H,32,36)/t18-/m0/s1. The molecule has 0 saturated heterocycles. The Morgan fingerprint density at radius 1 is 1.19 bits per heavy atom. The number of aryl methyl sites for hydroxylation is 1. The normalized spacial score (nSPS) is 19.3. The predicted molar refractivity (Wildman–Crippen MR) is 131 cm³/mol. The van der Waals surface area contributed by atoms with Crippen molar-refractivity contribution in [2.45, 2.75) is 43.7 Å². The van der Waals surface area contributed by atoms with Crippen molar-refractivity contribution < 1.29 is 9.18 Å². The number of H-pyrrole nitrogens is 1. The average molecular weight is 505 g/mol. The molecule has 3 aromatic heterocycles. The van der Waals surface area contributed by atoms with E-state index in [1.807, 2.05) is 11.6 Å². The van der Waals surface area contributed by atoms with Crippen LogP contribution >= 0.6 is 11.6 Å². The maximum absolute atomic E-state index is 15.5. The number of pyridine rings is 1. The Balaban J connectivity index is 1.41. The lowest BCUT2D eigenvalue weighted by molar-refractivity contribution is 0.0929. The minimum Gasteiger partial charge on any atom is -0.346 e. The molecule has 2 aliphatic heterocycles. The molecule has 2 N–H and O–H groups in total. The monoisotopic (exact) mass is 504 g/mol. The number of hydrogen-bond donors (Lipinski definition) is 2. The van der Waals surface area contributed by atoms with Gasteiger partial charge in [-0.25, -0.2) is 14.4 Å².